The average molecular weight is 1020 g/mol. The molecule has 19 heteroatoms. The van der Waals surface area contributed by atoms with Crippen molar-refractivity contribution in [3.8, 4) is 0 Å². The molecule has 14 nitrogen and oxygen atoms in total. The maximum atomic E-state index is 14.9. The van der Waals surface area contributed by atoms with Crippen LogP contribution in [0, 0.1) is 28.2 Å². The summed E-state index contributed by atoms with van der Waals surface area (Å²) >= 11 is 8.03. The van der Waals surface area contributed by atoms with Crippen LogP contribution >= 0.6 is 57.3 Å². The SMILES string of the molecule is [C-]#[N+]C(C)(C)CC(C)(CC(C)(CC(C)(CC(C)(CC(CCC)(SC(=S)SCC)C(=O)O)C(=O)OCCCC)C(=O)OCCN(C)C)C(=O)OCCOC)C(=O)OCCSSc1ccccn1. The van der Waals surface area contributed by atoms with E-state index in [0.29, 0.717) is 34.4 Å². The number of likely N-dealkylation sites (N-methyl/N-ethyl adjacent to an activating group) is 1. The summed E-state index contributed by atoms with van der Waals surface area (Å²) in [5.74, 6) is -2.94. The molecule has 0 amide bonds. The smallest absolute Gasteiger partial charge is 0.320 e. The van der Waals surface area contributed by atoms with Crippen LogP contribution in [0.3, 0.4) is 0 Å². The van der Waals surface area contributed by atoms with E-state index in [1.54, 1.807) is 47.7 Å². The Bertz CT molecular complexity index is 1770. The van der Waals surface area contributed by atoms with Gasteiger partial charge in [0.25, 0.3) is 0 Å². The quantitative estimate of drug-likeness (QED) is 0.0176. The van der Waals surface area contributed by atoms with Gasteiger partial charge in [-0.3, -0.25) is 24.0 Å². The van der Waals surface area contributed by atoms with Crippen LogP contribution in [0.2, 0.25) is 0 Å². The number of pyridine rings is 1. The summed E-state index contributed by atoms with van der Waals surface area (Å²) in [4.78, 5) is 82.2. The molecule has 0 spiro atoms. The highest BCUT2D eigenvalue weighted by Crippen LogP contribution is 2.54. The number of aliphatic carboxylic acids is 1. The second kappa shape index (κ2) is 29.4. The van der Waals surface area contributed by atoms with E-state index >= 15 is 0 Å². The molecule has 0 fully saturated rings. The van der Waals surface area contributed by atoms with E-state index in [0.717, 1.165) is 23.2 Å². The highest BCUT2D eigenvalue weighted by molar-refractivity contribution is 8.76. The van der Waals surface area contributed by atoms with Gasteiger partial charge < -0.3 is 38.5 Å². The van der Waals surface area contributed by atoms with Gasteiger partial charge in [-0.2, -0.15) is 0 Å². The van der Waals surface area contributed by atoms with Crippen molar-refractivity contribution in [1.29, 1.82) is 0 Å². The summed E-state index contributed by atoms with van der Waals surface area (Å²) in [5.41, 5.74) is -7.60. The van der Waals surface area contributed by atoms with Crippen molar-refractivity contribution in [2.45, 2.75) is 135 Å². The molecule has 0 aliphatic heterocycles. The Balaban J connectivity index is 4.11. The van der Waals surface area contributed by atoms with Gasteiger partial charge in [-0.15, -0.1) is 11.8 Å². The normalized spacial score (nSPS) is 16.2. The lowest BCUT2D eigenvalue weighted by molar-refractivity contribution is -0.173. The van der Waals surface area contributed by atoms with E-state index in [9.17, 15) is 29.1 Å². The Kier molecular flexibility index (Phi) is 27.4. The number of thiocarbonyl (C=S) groups is 1. The van der Waals surface area contributed by atoms with E-state index in [-0.39, 0.29) is 71.6 Å². The average Bonchev–Trinajstić information content (AvgIpc) is 3.23. The van der Waals surface area contributed by atoms with Gasteiger partial charge in [0.15, 0.2) is 0 Å². The number of carbonyl (C=O) groups excluding carboxylic acids is 4. The third-order valence-corrected chi connectivity index (χ3v) is 15.9. The number of unbranched alkanes of at least 4 members (excludes halogenated alkanes) is 1. The van der Waals surface area contributed by atoms with Gasteiger partial charge >= 0.3 is 29.8 Å². The molecule has 0 aliphatic rings. The van der Waals surface area contributed by atoms with E-state index in [1.165, 1.54) is 40.5 Å². The monoisotopic (exact) mass is 1020 g/mol. The Hall–Kier alpha value is -2.60. The number of esters is 4. The molecular formula is C47H75N3O11S5. The van der Waals surface area contributed by atoms with Gasteiger partial charge in [0.1, 0.15) is 33.1 Å². The molecule has 1 aromatic heterocycles. The zero-order valence-electron chi connectivity index (χ0n) is 41.2. The number of aromatic nitrogens is 1. The van der Waals surface area contributed by atoms with Crippen molar-refractivity contribution in [1.82, 2.24) is 9.88 Å². The fraction of sp³-hybridized carbons (Fsp3) is 0.745. The molecule has 5 atom stereocenters. The lowest BCUT2D eigenvalue weighted by Gasteiger charge is -2.45. The van der Waals surface area contributed by atoms with E-state index in [1.807, 2.05) is 58.0 Å². The largest absolute Gasteiger partial charge is 0.480 e. The number of thioether (sulfide) groups is 2. The van der Waals surface area contributed by atoms with Crippen LogP contribution in [0.15, 0.2) is 29.4 Å². The maximum absolute atomic E-state index is 14.9. The molecule has 374 valence electrons. The number of hydrogen-bond acceptors (Lipinski definition) is 17. The first-order chi connectivity index (χ1) is 30.9. The molecule has 1 heterocycles. The number of hydrogen-bond donors (Lipinski definition) is 1. The molecule has 0 saturated carbocycles. The molecule has 1 rings (SSSR count). The summed E-state index contributed by atoms with van der Waals surface area (Å²) in [6, 6.07) is 5.57. The van der Waals surface area contributed by atoms with Gasteiger partial charge in [-0.05, 0) is 109 Å². The number of rotatable bonds is 33. The van der Waals surface area contributed by atoms with Crippen molar-refractivity contribution >= 4 is 90.7 Å². The minimum absolute atomic E-state index is 0.0182. The Morgan fingerprint density at radius 2 is 1.29 bits per heavy atom. The summed E-state index contributed by atoms with van der Waals surface area (Å²) in [6.07, 6.45) is 2.45. The highest BCUT2D eigenvalue weighted by atomic mass is 33.1. The lowest BCUT2D eigenvalue weighted by atomic mass is 9.59. The zero-order chi connectivity index (χ0) is 50.2. The van der Waals surface area contributed by atoms with Gasteiger partial charge in [0.05, 0.1) is 34.9 Å². The second-order valence-electron chi connectivity index (χ2n) is 18.7. The van der Waals surface area contributed by atoms with Crippen LogP contribution in [-0.4, -0.2) is 131 Å². The number of methoxy groups -OCH3 is 1. The molecule has 0 bridgehead atoms. The van der Waals surface area contributed by atoms with Gasteiger partial charge in [0.2, 0.25) is 5.54 Å². The molecular weight excluding hydrogens is 943 g/mol. The summed E-state index contributed by atoms with van der Waals surface area (Å²) in [5, 5.41) is 11.8. The number of carboxylic acid groups (broad SMARTS) is 1. The maximum Gasteiger partial charge on any atom is 0.320 e. The molecule has 1 N–H and O–H groups in total. The number of carbonyl (C=O) groups is 5. The highest BCUT2D eigenvalue weighted by Gasteiger charge is 2.58. The Labute approximate surface area is 416 Å². The van der Waals surface area contributed by atoms with Crippen molar-refractivity contribution in [2.24, 2.45) is 21.7 Å². The van der Waals surface area contributed by atoms with E-state index in [2.05, 4.69) is 9.83 Å². The van der Waals surface area contributed by atoms with Gasteiger partial charge in [-0.1, -0.05) is 74.5 Å². The first-order valence-electron chi connectivity index (χ1n) is 22.4. The molecule has 0 aliphatic carbocycles. The van der Waals surface area contributed by atoms with Gasteiger partial charge in [0, 0.05) is 45.9 Å². The Morgan fingerprint density at radius 3 is 1.76 bits per heavy atom. The second-order valence-corrected chi connectivity index (χ2v) is 24.9. The molecule has 0 saturated heterocycles. The van der Waals surface area contributed by atoms with Crippen molar-refractivity contribution in [3.05, 3.63) is 35.8 Å². The number of ether oxygens (including phenoxy) is 5. The predicted octanol–water partition coefficient (Wildman–Crippen LogP) is 10.1. The third-order valence-electron chi connectivity index (χ3n) is 10.9. The minimum Gasteiger partial charge on any atom is -0.480 e. The first-order valence-corrected chi connectivity index (χ1v) is 26.9. The minimum atomic E-state index is -1.71. The third kappa shape index (κ3) is 20.6. The molecule has 1 aromatic rings. The van der Waals surface area contributed by atoms with Crippen LogP contribution in [0.4, 0.5) is 0 Å². The number of carboxylic acids is 1. The van der Waals surface area contributed by atoms with Gasteiger partial charge in [-0.25, -0.2) is 11.6 Å². The number of nitrogens with zero attached hydrogens (tertiary/aromatic N) is 3. The van der Waals surface area contributed by atoms with Crippen LogP contribution in [0.1, 0.15) is 120 Å². The van der Waals surface area contributed by atoms with E-state index in [4.69, 9.17) is 42.5 Å². The Morgan fingerprint density at radius 1 is 0.758 bits per heavy atom. The van der Waals surface area contributed by atoms with Crippen LogP contribution in [-0.2, 0) is 47.7 Å². The van der Waals surface area contributed by atoms with Crippen LogP contribution in [0.5, 0.6) is 0 Å². The summed E-state index contributed by atoms with van der Waals surface area (Å²) in [7, 11) is 8.00. The summed E-state index contributed by atoms with van der Waals surface area (Å²) in [6.45, 7) is 24.0. The molecule has 66 heavy (non-hydrogen) atoms. The van der Waals surface area contributed by atoms with E-state index < -0.39 is 61.8 Å². The van der Waals surface area contributed by atoms with Crippen LogP contribution < -0.4 is 0 Å². The first kappa shape index (κ1) is 61.4. The molecule has 5 unspecified atom stereocenters. The standard InChI is InChI=1S/C47H75N3O11S5/c1-14-17-24-58-40(56)46(9,34-47(21-15-2,36(51)52)65-41(62)63-16-3)33-45(8,38(54)59-25-23-50(11)12)32-44(7,39(55)60-27-26-57-13)31-43(6,30-42(4,5)48-10)37(53)61-28-29-64-66-35-20-18-19-22-49-35/h18-20,22H,14-17,21,23-34H2,1-9,11-13H3,(H,51,52). The topological polar surface area (TPSA) is 172 Å². The van der Waals surface area contributed by atoms with Crippen molar-refractivity contribution in [3.63, 3.8) is 0 Å². The zero-order valence-corrected chi connectivity index (χ0v) is 45.3. The predicted molar refractivity (Wildman–Crippen MR) is 272 cm³/mol. The fourth-order valence-electron chi connectivity index (χ4n) is 8.36. The van der Waals surface area contributed by atoms with Crippen molar-refractivity contribution < 1.29 is 52.8 Å². The van der Waals surface area contributed by atoms with Crippen LogP contribution in [0.25, 0.3) is 4.85 Å². The fourth-order valence-corrected chi connectivity index (χ4v) is 13.3. The lowest BCUT2D eigenvalue weighted by Crippen LogP contribution is -2.51. The molecule has 0 aromatic carbocycles. The van der Waals surface area contributed by atoms with Crippen molar-refractivity contribution in [2.75, 3.05) is 72.3 Å². The molecule has 0 radical (unpaired) electrons. The summed E-state index contributed by atoms with van der Waals surface area (Å²) < 4.78 is 27.7.